The van der Waals surface area contributed by atoms with Crippen molar-refractivity contribution < 1.29 is 18.0 Å². The average molecular weight is 280 g/mol. The number of rotatable bonds is 4. The number of nitrogens with two attached hydrogens (primary N) is 1. The van der Waals surface area contributed by atoms with E-state index in [2.05, 4.69) is 5.32 Å². The molecule has 0 spiro atoms. The van der Waals surface area contributed by atoms with Crippen LogP contribution in [0.2, 0.25) is 0 Å². The first-order chi connectivity index (χ1) is 8.75. The second-order valence-corrected chi connectivity index (χ2v) is 5.70. The third-order valence-electron chi connectivity index (χ3n) is 3.89. The third-order valence-corrected chi connectivity index (χ3v) is 3.89. The van der Waals surface area contributed by atoms with Gasteiger partial charge in [0.05, 0.1) is 5.92 Å². The normalized spacial score (nSPS) is 26.3. The van der Waals surface area contributed by atoms with Gasteiger partial charge in [-0.25, -0.2) is 0 Å². The summed E-state index contributed by atoms with van der Waals surface area (Å²) < 4.78 is 38.0. The Morgan fingerprint density at radius 2 is 2.00 bits per heavy atom. The van der Waals surface area contributed by atoms with E-state index >= 15 is 0 Å². The summed E-state index contributed by atoms with van der Waals surface area (Å²) in [4.78, 5) is 12.0. The molecule has 0 bridgehead atoms. The molecule has 0 aromatic carbocycles. The minimum absolute atomic E-state index is 0.0925. The lowest BCUT2D eigenvalue weighted by atomic mass is 9.80. The molecule has 1 fully saturated rings. The molecule has 1 amide bonds. The lowest BCUT2D eigenvalue weighted by Gasteiger charge is -2.31. The number of nitrogens with one attached hydrogen (secondary N) is 1. The van der Waals surface area contributed by atoms with E-state index in [4.69, 9.17) is 5.73 Å². The highest BCUT2D eigenvalue weighted by molar-refractivity contribution is 5.79. The molecule has 0 aromatic heterocycles. The molecule has 0 radical (unpaired) electrons. The molecular weight excluding hydrogens is 257 g/mol. The lowest BCUT2D eigenvalue weighted by molar-refractivity contribution is -0.186. The maximum absolute atomic E-state index is 12.7. The van der Waals surface area contributed by atoms with Crippen molar-refractivity contribution in [3.05, 3.63) is 0 Å². The smallest absolute Gasteiger partial charge is 0.352 e. The van der Waals surface area contributed by atoms with E-state index in [1.165, 1.54) is 0 Å². The zero-order valence-electron chi connectivity index (χ0n) is 11.5. The van der Waals surface area contributed by atoms with Gasteiger partial charge in [0.1, 0.15) is 0 Å². The quantitative estimate of drug-likeness (QED) is 0.831. The van der Waals surface area contributed by atoms with Gasteiger partial charge in [0.15, 0.2) is 0 Å². The topological polar surface area (TPSA) is 55.1 Å². The summed E-state index contributed by atoms with van der Waals surface area (Å²) in [6.07, 6.45) is -3.15. The Balaban J connectivity index is 2.57. The molecule has 0 aromatic rings. The minimum atomic E-state index is -4.19. The van der Waals surface area contributed by atoms with Crippen LogP contribution in [0.25, 0.3) is 0 Å². The van der Waals surface area contributed by atoms with Crippen LogP contribution in [0.3, 0.4) is 0 Å². The fraction of sp³-hybridized carbons (Fsp3) is 0.923. The average Bonchev–Trinajstić information content (AvgIpc) is 2.34. The molecule has 0 saturated heterocycles. The Hall–Kier alpha value is -0.780. The Morgan fingerprint density at radius 3 is 2.47 bits per heavy atom. The molecule has 112 valence electrons. The number of hydrogen-bond donors (Lipinski definition) is 2. The van der Waals surface area contributed by atoms with Crippen molar-refractivity contribution in [1.29, 1.82) is 0 Å². The highest BCUT2D eigenvalue weighted by Gasteiger charge is 2.43. The van der Waals surface area contributed by atoms with Crippen LogP contribution in [0.15, 0.2) is 0 Å². The number of halogens is 3. The largest absolute Gasteiger partial charge is 0.391 e. The minimum Gasteiger partial charge on any atom is -0.352 e. The molecule has 0 aliphatic heterocycles. The van der Waals surface area contributed by atoms with Crippen molar-refractivity contribution in [2.24, 2.45) is 23.5 Å². The molecular formula is C13H23F3N2O. The molecule has 1 aliphatic rings. The first kappa shape index (κ1) is 16.3. The highest BCUT2D eigenvalue weighted by atomic mass is 19.4. The van der Waals surface area contributed by atoms with Crippen molar-refractivity contribution in [3.63, 3.8) is 0 Å². The first-order valence-electron chi connectivity index (χ1n) is 6.82. The second-order valence-electron chi connectivity index (χ2n) is 5.70. The van der Waals surface area contributed by atoms with E-state index < -0.39 is 18.0 Å². The van der Waals surface area contributed by atoms with Crippen LogP contribution in [0.1, 0.15) is 39.5 Å². The van der Waals surface area contributed by atoms with Gasteiger partial charge in [0, 0.05) is 18.5 Å². The van der Waals surface area contributed by atoms with Crippen molar-refractivity contribution in [2.45, 2.75) is 51.7 Å². The monoisotopic (exact) mass is 280 g/mol. The van der Waals surface area contributed by atoms with Crippen molar-refractivity contribution >= 4 is 5.91 Å². The number of carbonyl (C=O) groups excluding carboxylic acids is 1. The van der Waals surface area contributed by atoms with Crippen LogP contribution in [0.5, 0.6) is 0 Å². The summed E-state index contributed by atoms with van der Waals surface area (Å²) in [6.45, 7) is 4.16. The van der Waals surface area contributed by atoms with Crippen molar-refractivity contribution in [3.8, 4) is 0 Å². The van der Waals surface area contributed by atoms with Gasteiger partial charge in [0.25, 0.3) is 0 Å². The summed E-state index contributed by atoms with van der Waals surface area (Å²) >= 11 is 0. The number of alkyl halides is 3. The Kier molecular flexibility index (Phi) is 5.64. The zero-order valence-corrected chi connectivity index (χ0v) is 11.5. The molecule has 3 unspecified atom stereocenters. The van der Waals surface area contributed by atoms with Gasteiger partial charge in [-0.1, -0.05) is 20.3 Å². The van der Waals surface area contributed by atoms with Crippen LogP contribution >= 0.6 is 0 Å². The Morgan fingerprint density at radius 1 is 1.37 bits per heavy atom. The van der Waals surface area contributed by atoms with Gasteiger partial charge in [-0.2, -0.15) is 13.2 Å². The fourth-order valence-corrected chi connectivity index (χ4v) is 2.52. The second kappa shape index (κ2) is 6.59. The van der Waals surface area contributed by atoms with Gasteiger partial charge in [0.2, 0.25) is 5.91 Å². The van der Waals surface area contributed by atoms with Gasteiger partial charge in [-0.3, -0.25) is 4.79 Å². The van der Waals surface area contributed by atoms with E-state index in [0.717, 1.165) is 0 Å². The molecule has 3 nitrogen and oxygen atoms in total. The third kappa shape index (κ3) is 4.67. The van der Waals surface area contributed by atoms with Crippen LogP contribution in [0, 0.1) is 17.8 Å². The molecule has 1 aliphatic carbocycles. The van der Waals surface area contributed by atoms with E-state index in [-0.39, 0.29) is 30.7 Å². The lowest BCUT2D eigenvalue weighted by Crippen LogP contribution is -2.47. The van der Waals surface area contributed by atoms with E-state index in [0.29, 0.717) is 19.4 Å². The molecule has 6 heteroatoms. The van der Waals surface area contributed by atoms with Crippen LogP contribution in [-0.4, -0.2) is 24.7 Å². The predicted octanol–water partition coefficient (Wildman–Crippen LogP) is 2.45. The summed E-state index contributed by atoms with van der Waals surface area (Å²) in [5, 5.41) is 2.78. The summed E-state index contributed by atoms with van der Waals surface area (Å²) in [5.74, 6) is -1.98. The zero-order chi connectivity index (χ0) is 14.6. The SMILES string of the molecule is CC(C)C(CN)NC(=O)C1CCCC(C(F)(F)F)C1. The van der Waals surface area contributed by atoms with E-state index in [9.17, 15) is 18.0 Å². The summed E-state index contributed by atoms with van der Waals surface area (Å²) in [7, 11) is 0. The number of hydrogen-bond acceptors (Lipinski definition) is 2. The standard InChI is InChI=1S/C13H23F3N2O/c1-8(2)11(7-17)18-12(19)9-4-3-5-10(6-9)13(14,15)16/h8-11H,3-7,17H2,1-2H3,(H,18,19). The molecule has 3 atom stereocenters. The summed E-state index contributed by atoms with van der Waals surface area (Å²) in [5.41, 5.74) is 5.55. The van der Waals surface area contributed by atoms with Crippen LogP contribution in [0.4, 0.5) is 13.2 Å². The van der Waals surface area contributed by atoms with Crippen molar-refractivity contribution in [2.75, 3.05) is 6.54 Å². The molecule has 1 saturated carbocycles. The van der Waals surface area contributed by atoms with Crippen molar-refractivity contribution in [1.82, 2.24) is 5.32 Å². The van der Waals surface area contributed by atoms with Gasteiger partial charge in [-0.05, 0) is 25.2 Å². The Bertz CT molecular complexity index is 305. The molecule has 0 heterocycles. The highest BCUT2D eigenvalue weighted by Crippen LogP contribution is 2.39. The van der Waals surface area contributed by atoms with Crippen LogP contribution < -0.4 is 11.1 Å². The maximum Gasteiger partial charge on any atom is 0.391 e. The molecule has 19 heavy (non-hydrogen) atoms. The fourth-order valence-electron chi connectivity index (χ4n) is 2.52. The Labute approximate surface area is 112 Å². The van der Waals surface area contributed by atoms with Crippen LogP contribution in [-0.2, 0) is 4.79 Å². The maximum atomic E-state index is 12.7. The van der Waals surface area contributed by atoms with Gasteiger partial charge in [-0.15, -0.1) is 0 Å². The van der Waals surface area contributed by atoms with Gasteiger partial charge >= 0.3 is 6.18 Å². The number of amides is 1. The van der Waals surface area contributed by atoms with E-state index in [1.54, 1.807) is 0 Å². The first-order valence-corrected chi connectivity index (χ1v) is 6.82. The predicted molar refractivity (Wildman–Crippen MR) is 67.3 cm³/mol. The molecule has 3 N–H and O–H groups in total. The van der Waals surface area contributed by atoms with E-state index in [1.807, 2.05) is 13.8 Å². The van der Waals surface area contributed by atoms with Gasteiger partial charge < -0.3 is 11.1 Å². The molecule has 1 rings (SSSR count). The number of carbonyl (C=O) groups is 1. The summed E-state index contributed by atoms with van der Waals surface area (Å²) in [6, 6.07) is -0.168.